The number of nitrogens with one attached hydrogen (secondary N) is 1. The molecular weight excluding hydrogens is 282 g/mol. The van der Waals surface area contributed by atoms with Gasteiger partial charge in [0, 0.05) is 25.7 Å². The van der Waals surface area contributed by atoms with Gasteiger partial charge >= 0.3 is 0 Å². The van der Waals surface area contributed by atoms with Gasteiger partial charge in [0.05, 0.1) is 6.10 Å². The predicted molar refractivity (Wildman–Crippen MR) is 81.2 cm³/mol. The molecule has 0 unspecified atom stereocenters. The van der Waals surface area contributed by atoms with Crippen molar-refractivity contribution < 1.29 is 19.1 Å². The molecule has 0 spiro atoms. The predicted octanol–water partition coefficient (Wildman–Crippen LogP) is 2.18. The number of amides is 1. The van der Waals surface area contributed by atoms with Gasteiger partial charge in [0.25, 0.3) is 5.91 Å². The van der Waals surface area contributed by atoms with Crippen molar-refractivity contribution in [1.82, 2.24) is 5.48 Å². The van der Waals surface area contributed by atoms with Gasteiger partial charge in [0.15, 0.2) is 0 Å². The molecule has 1 aromatic carbocycles. The van der Waals surface area contributed by atoms with E-state index in [1.807, 2.05) is 18.2 Å². The van der Waals surface area contributed by atoms with Crippen molar-refractivity contribution in [2.45, 2.75) is 43.8 Å². The minimum absolute atomic E-state index is 0.0384. The standard InChI is InChI=1S/C17H23NO4/c19-17(18-22-14-8-11-20-12-9-14)16-15(7-4-10-21-16)13-5-2-1-3-6-13/h1-3,5-6,14-16H,4,7-12H2,(H,18,19)/t15-,16+/m0/s1. The Morgan fingerprint density at radius 3 is 2.64 bits per heavy atom. The molecule has 2 fully saturated rings. The van der Waals surface area contributed by atoms with Crippen LogP contribution in [0.4, 0.5) is 0 Å². The van der Waals surface area contributed by atoms with Gasteiger partial charge in [0.2, 0.25) is 0 Å². The van der Waals surface area contributed by atoms with E-state index in [0.29, 0.717) is 19.8 Å². The number of hydrogen-bond acceptors (Lipinski definition) is 4. The molecule has 1 amide bonds. The van der Waals surface area contributed by atoms with E-state index < -0.39 is 6.10 Å². The van der Waals surface area contributed by atoms with Crippen molar-refractivity contribution in [1.29, 1.82) is 0 Å². The first-order valence-electron chi connectivity index (χ1n) is 8.04. The van der Waals surface area contributed by atoms with Crippen LogP contribution in [-0.2, 0) is 19.1 Å². The van der Waals surface area contributed by atoms with Crippen LogP contribution < -0.4 is 5.48 Å². The second-order valence-electron chi connectivity index (χ2n) is 5.85. The Labute approximate surface area is 130 Å². The number of hydrogen-bond donors (Lipinski definition) is 1. The number of carbonyl (C=O) groups is 1. The van der Waals surface area contributed by atoms with E-state index in [-0.39, 0.29) is 17.9 Å². The summed E-state index contributed by atoms with van der Waals surface area (Å²) in [7, 11) is 0. The summed E-state index contributed by atoms with van der Waals surface area (Å²) in [5.74, 6) is -0.0896. The SMILES string of the molecule is O=C(NOC1CCOCC1)[C@@H]1OCCC[C@H]1c1ccccc1. The van der Waals surface area contributed by atoms with Crippen molar-refractivity contribution in [3.05, 3.63) is 35.9 Å². The normalized spacial score (nSPS) is 26.5. The second-order valence-corrected chi connectivity index (χ2v) is 5.85. The first-order chi connectivity index (χ1) is 10.8. The van der Waals surface area contributed by atoms with Crippen molar-refractivity contribution in [3.8, 4) is 0 Å². The number of carbonyl (C=O) groups excluding carboxylic acids is 1. The minimum atomic E-state index is -0.476. The molecular formula is C17H23NO4. The average Bonchev–Trinajstić information content (AvgIpc) is 2.61. The summed E-state index contributed by atoms with van der Waals surface area (Å²) >= 11 is 0. The van der Waals surface area contributed by atoms with Crippen LogP contribution in [0.3, 0.4) is 0 Å². The molecule has 2 atom stereocenters. The zero-order valence-corrected chi connectivity index (χ0v) is 12.7. The molecule has 1 aromatic rings. The van der Waals surface area contributed by atoms with Gasteiger partial charge in [-0.2, -0.15) is 0 Å². The Balaban J connectivity index is 1.59. The first kappa shape index (κ1) is 15.5. The largest absolute Gasteiger partial charge is 0.381 e. The minimum Gasteiger partial charge on any atom is -0.381 e. The highest BCUT2D eigenvalue weighted by molar-refractivity contribution is 5.81. The molecule has 2 aliphatic rings. The van der Waals surface area contributed by atoms with Gasteiger partial charge in [-0.15, -0.1) is 0 Å². The highest BCUT2D eigenvalue weighted by Crippen LogP contribution is 2.31. The van der Waals surface area contributed by atoms with E-state index in [4.69, 9.17) is 14.3 Å². The fourth-order valence-corrected chi connectivity index (χ4v) is 3.07. The lowest BCUT2D eigenvalue weighted by molar-refractivity contribution is -0.158. The average molecular weight is 305 g/mol. The highest BCUT2D eigenvalue weighted by Gasteiger charge is 2.33. The Hall–Kier alpha value is -1.43. The molecule has 2 saturated heterocycles. The summed E-state index contributed by atoms with van der Waals surface area (Å²) in [4.78, 5) is 18.0. The molecule has 5 heteroatoms. The van der Waals surface area contributed by atoms with E-state index >= 15 is 0 Å². The lowest BCUT2D eigenvalue weighted by Crippen LogP contribution is -2.44. The van der Waals surface area contributed by atoms with E-state index in [0.717, 1.165) is 31.2 Å². The number of ether oxygens (including phenoxy) is 2. The molecule has 0 aromatic heterocycles. The van der Waals surface area contributed by atoms with Crippen LogP contribution in [0.2, 0.25) is 0 Å². The second kappa shape index (κ2) is 7.72. The third-order valence-corrected chi connectivity index (χ3v) is 4.30. The van der Waals surface area contributed by atoms with Gasteiger partial charge in [0.1, 0.15) is 6.10 Å². The highest BCUT2D eigenvalue weighted by atomic mass is 16.7. The lowest BCUT2D eigenvalue weighted by Gasteiger charge is -2.31. The van der Waals surface area contributed by atoms with Crippen LogP contribution in [-0.4, -0.2) is 37.9 Å². The fourth-order valence-electron chi connectivity index (χ4n) is 3.07. The van der Waals surface area contributed by atoms with Crippen LogP contribution in [0.1, 0.15) is 37.2 Å². The Morgan fingerprint density at radius 1 is 1.09 bits per heavy atom. The van der Waals surface area contributed by atoms with Gasteiger partial charge in [-0.05, 0) is 31.2 Å². The summed E-state index contributed by atoms with van der Waals surface area (Å²) in [6, 6.07) is 10.1. The fraction of sp³-hybridized carbons (Fsp3) is 0.588. The molecule has 0 radical (unpaired) electrons. The summed E-state index contributed by atoms with van der Waals surface area (Å²) < 4.78 is 11.0. The zero-order chi connectivity index (χ0) is 15.2. The molecule has 22 heavy (non-hydrogen) atoms. The summed E-state index contributed by atoms with van der Waals surface area (Å²) in [6.45, 7) is 2.00. The molecule has 2 heterocycles. The Kier molecular flexibility index (Phi) is 5.43. The third-order valence-electron chi connectivity index (χ3n) is 4.30. The van der Waals surface area contributed by atoms with E-state index in [1.54, 1.807) is 0 Å². The molecule has 0 saturated carbocycles. The van der Waals surface area contributed by atoms with Crippen molar-refractivity contribution in [2.75, 3.05) is 19.8 Å². The maximum Gasteiger partial charge on any atom is 0.273 e. The molecule has 120 valence electrons. The first-order valence-corrected chi connectivity index (χ1v) is 8.04. The smallest absolute Gasteiger partial charge is 0.273 e. The van der Waals surface area contributed by atoms with Crippen LogP contribution >= 0.6 is 0 Å². The van der Waals surface area contributed by atoms with Gasteiger partial charge in [-0.3, -0.25) is 9.63 Å². The maximum absolute atomic E-state index is 12.4. The van der Waals surface area contributed by atoms with E-state index in [1.165, 1.54) is 0 Å². The molecule has 0 aliphatic carbocycles. The zero-order valence-electron chi connectivity index (χ0n) is 12.7. The lowest BCUT2D eigenvalue weighted by atomic mass is 9.87. The quantitative estimate of drug-likeness (QED) is 0.866. The summed E-state index contributed by atoms with van der Waals surface area (Å²) in [5.41, 5.74) is 3.75. The van der Waals surface area contributed by atoms with E-state index in [2.05, 4.69) is 17.6 Å². The third kappa shape index (κ3) is 3.85. The summed E-state index contributed by atoms with van der Waals surface area (Å²) in [5, 5.41) is 0. The van der Waals surface area contributed by atoms with Crippen LogP contribution in [0.5, 0.6) is 0 Å². The van der Waals surface area contributed by atoms with E-state index in [9.17, 15) is 4.79 Å². The number of benzene rings is 1. The number of rotatable bonds is 4. The Morgan fingerprint density at radius 2 is 1.86 bits per heavy atom. The number of hydroxylamine groups is 1. The maximum atomic E-state index is 12.4. The Bertz CT molecular complexity index is 473. The van der Waals surface area contributed by atoms with Gasteiger partial charge in [-0.1, -0.05) is 30.3 Å². The van der Waals surface area contributed by atoms with Gasteiger partial charge in [-0.25, -0.2) is 5.48 Å². The van der Waals surface area contributed by atoms with Crippen molar-refractivity contribution >= 4 is 5.91 Å². The van der Waals surface area contributed by atoms with Crippen LogP contribution in [0, 0.1) is 0 Å². The topological polar surface area (TPSA) is 56.8 Å². The van der Waals surface area contributed by atoms with Crippen molar-refractivity contribution in [3.63, 3.8) is 0 Å². The molecule has 2 aliphatic heterocycles. The summed E-state index contributed by atoms with van der Waals surface area (Å²) in [6.07, 6.45) is 3.12. The van der Waals surface area contributed by atoms with Gasteiger partial charge < -0.3 is 9.47 Å². The molecule has 1 N–H and O–H groups in total. The molecule has 3 rings (SSSR count). The molecule has 0 bridgehead atoms. The van der Waals surface area contributed by atoms with Crippen LogP contribution in [0.15, 0.2) is 30.3 Å². The monoisotopic (exact) mass is 305 g/mol. The van der Waals surface area contributed by atoms with Crippen LogP contribution in [0.25, 0.3) is 0 Å². The molecule has 5 nitrogen and oxygen atoms in total. The van der Waals surface area contributed by atoms with Crippen molar-refractivity contribution in [2.24, 2.45) is 0 Å².